The number of hydrogen-bond donors (Lipinski definition) is 2. The minimum absolute atomic E-state index is 0.0650. The smallest absolute Gasteiger partial charge is 0.423 e. The van der Waals surface area contributed by atoms with E-state index < -0.39 is 7.12 Å². The fraction of sp³-hybridized carbons (Fsp3) is 0.200. The molecule has 0 spiro atoms. The van der Waals surface area contributed by atoms with Gasteiger partial charge in [-0.1, -0.05) is 18.2 Å². The highest BCUT2D eigenvalue weighted by molar-refractivity contribution is 6.60. The normalized spacial score (nSPS) is 9.87. The molecule has 0 amide bonds. The Kier molecular flexibility index (Phi) is 3.39. The van der Waals surface area contributed by atoms with Gasteiger partial charge in [0.15, 0.2) is 11.6 Å². The molecule has 0 aromatic heterocycles. The molecule has 0 radical (unpaired) electrons. The van der Waals surface area contributed by atoms with Crippen molar-refractivity contribution in [1.29, 1.82) is 0 Å². The Hall–Kier alpha value is -1.46. The average molecular weight is 206 g/mol. The van der Waals surface area contributed by atoms with Crippen LogP contribution in [0, 0.1) is 0 Å². The maximum Gasteiger partial charge on any atom is 0.489 e. The van der Waals surface area contributed by atoms with E-state index in [2.05, 4.69) is 0 Å². The third-order valence-corrected chi connectivity index (χ3v) is 2.11. The molecule has 0 bridgehead atoms. The fourth-order valence-electron chi connectivity index (χ4n) is 1.47. The van der Waals surface area contributed by atoms with Crippen LogP contribution in [0.5, 0.6) is 0 Å². The van der Waals surface area contributed by atoms with Crippen molar-refractivity contribution in [1.82, 2.24) is 0 Å². The van der Waals surface area contributed by atoms with E-state index in [1.54, 1.807) is 0 Å². The van der Waals surface area contributed by atoms with Gasteiger partial charge in [-0.15, -0.1) is 0 Å². The van der Waals surface area contributed by atoms with E-state index in [0.717, 1.165) is 0 Å². The Morgan fingerprint density at radius 1 is 1.13 bits per heavy atom. The molecular weight excluding hydrogens is 195 g/mol. The van der Waals surface area contributed by atoms with E-state index in [-0.39, 0.29) is 28.2 Å². The van der Waals surface area contributed by atoms with Crippen LogP contribution < -0.4 is 5.46 Å². The summed E-state index contributed by atoms with van der Waals surface area (Å²) in [5, 5.41) is 18.1. The molecular formula is C10H11BO4. The van der Waals surface area contributed by atoms with Crippen LogP contribution in [0.2, 0.25) is 0 Å². The Bertz CT molecular complexity index is 412. The number of benzene rings is 1. The second kappa shape index (κ2) is 4.38. The Morgan fingerprint density at radius 2 is 1.73 bits per heavy atom. The minimum atomic E-state index is -1.75. The lowest BCUT2D eigenvalue weighted by Crippen LogP contribution is -2.35. The summed E-state index contributed by atoms with van der Waals surface area (Å²) >= 11 is 0. The Labute approximate surface area is 87.7 Å². The van der Waals surface area contributed by atoms with Crippen LogP contribution in [0.1, 0.15) is 34.6 Å². The van der Waals surface area contributed by atoms with E-state index in [9.17, 15) is 9.59 Å². The number of Topliss-reactive ketones (excluding diaryl/α,β-unsaturated/α-hetero) is 2. The van der Waals surface area contributed by atoms with Gasteiger partial charge in [-0.3, -0.25) is 9.59 Å². The highest BCUT2D eigenvalue weighted by Gasteiger charge is 2.22. The van der Waals surface area contributed by atoms with Gasteiger partial charge in [0.1, 0.15) is 0 Å². The van der Waals surface area contributed by atoms with Crippen LogP contribution in [-0.2, 0) is 0 Å². The number of carbonyl (C=O) groups excluding carboxylic acids is 2. The van der Waals surface area contributed by atoms with Crippen LogP contribution in [-0.4, -0.2) is 28.7 Å². The molecule has 0 saturated carbocycles. The van der Waals surface area contributed by atoms with Crippen molar-refractivity contribution in [2.24, 2.45) is 0 Å². The number of carbonyl (C=O) groups is 2. The maximum absolute atomic E-state index is 11.3. The summed E-state index contributed by atoms with van der Waals surface area (Å²) in [6, 6.07) is 4.41. The number of ketones is 2. The van der Waals surface area contributed by atoms with Gasteiger partial charge in [-0.05, 0) is 19.3 Å². The Balaban J connectivity index is 3.48. The summed E-state index contributed by atoms with van der Waals surface area (Å²) < 4.78 is 0. The molecule has 0 heterocycles. The molecule has 4 nitrogen and oxygen atoms in total. The summed E-state index contributed by atoms with van der Waals surface area (Å²) in [5.74, 6) is -0.633. The molecule has 78 valence electrons. The van der Waals surface area contributed by atoms with Crippen LogP contribution in [0.15, 0.2) is 18.2 Å². The van der Waals surface area contributed by atoms with Crippen molar-refractivity contribution in [3.63, 3.8) is 0 Å². The molecule has 0 unspecified atom stereocenters. The van der Waals surface area contributed by atoms with Gasteiger partial charge in [-0.2, -0.15) is 0 Å². The van der Waals surface area contributed by atoms with Gasteiger partial charge in [0.05, 0.1) is 0 Å². The predicted octanol–water partition coefficient (Wildman–Crippen LogP) is -0.228. The first-order chi connectivity index (χ1) is 6.95. The van der Waals surface area contributed by atoms with Gasteiger partial charge >= 0.3 is 7.12 Å². The molecule has 2 N–H and O–H groups in total. The lowest BCUT2D eigenvalue weighted by atomic mass is 9.74. The van der Waals surface area contributed by atoms with E-state index in [0.29, 0.717) is 0 Å². The molecule has 1 aromatic carbocycles. The molecule has 0 atom stereocenters. The zero-order chi connectivity index (χ0) is 11.6. The molecule has 1 aromatic rings. The zero-order valence-electron chi connectivity index (χ0n) is 8.52. The minimum Gasteiger partial charge on any atom is -0.423 e. The van der Waals surface area contributed by atoms with E-state index in [1.165, 1.54) is 32.0 Å². The SMILES string of the molecule is CC(=O)c1cccc(B(O)O)c1C(C)=O. The van der Waals surface area contributed by atoms with E-state index in [1.807, 2.05) is 0 Å². The lowest BCUT2D eigenvalue weighted by molar-refractivity contribution is 0.0981. The molecule has 0 aliphatic carbocycles. The predicted molar refractivity (Wildman–Crippen MR) is 56.3 cm³/mol. The summed E-state index contributed by atoms with van der Waals surface area (Å²) in [6.07, 6.45) is 0. The van der Waals surface area contributed by atoms with Crippen molar-refractivity contribution in [3.05, 3.63) is 29.3 Å². The third kappa shape index (κ3) is 2.32. The molecule has 15 heavy (non-hydrogen) atoms. The maximum atomic E-state index is 11.3. The van der Waals surface area contributed by atoms with Gasteiger partial charge in [0.25, 0.3) is 0 Å². The van der Waals surface area contributed by atoms with Gasteiger partial charge < -0.3 is 10.0 Å². The number of rotatable bonds is 3. The zero-order valence-corrected chi connectivity index (χ0v) is 8.52. The lowest BCUT2D eigenvalue weighted by Gasteiger charge is -2.09. The largest absolute Gasteiger partial charge is 0.489 e. The standard InChI is InChI=1S/C10H11BO4/c1-6(12)8-4-3-5-9(11(14)15)10(8)7(2)13/h3-5,14-15H,1-2H3. The van der Waals surface area contributed by atoms with Crippen LogP contribution in [0.4, 0.5) is 0 Å². The fourth-order valence-corrected chi connectivity index (χ4v) is 1.47. The second-order valence-corrected chi connectivity index (χ2v) is 3.26. The third-order valence-electron chi connectivity index (χ3n) is 2.11. The first kappa shape index (κ1) is 11.6. The van der Waals surface area contributed by atoms with Crippen molar-refractivity contribution in [2.75, 3.05) is 0 Å². The van der Waals surface area contributed by atoms with Crippen LogP contribution >= 0.6 is 0 Å². The van der Waals surface area contributed by atoms with Crippen molar-refractivity contribution < 1.29 is 19.6 Å². The van der Waals surface area contributed by atoms with E-state index >= 15 is 0 Å². The van der Waals surface area contributed by atoms with Crippen molar-refractivity contribution in [3.8, 4) is 0 Å². The summed E-state index contributed by atoms with van der Waals surface area (Å²) in [6.45, 7) is 2.61. The molecule has 5 heteroatoms. The van der Waals surface area contributed by atoms with Crippen LogP contribution in [0.25, 0.3) is 0 Å². The highest BCUT2D eigenvalue weighted by atomic mass is 16.4. The first-order valence-corrected chi connectivity index (χ1v) is 4.46. The topological polar surface area (TPSA) is 74.6 Å². The van der Waals surface area contributed by atoms with Crippen LogP contribution in [0.3, 0.4) is 0 Å². The quantitative estimate of drug-likeness (QED) is 0.529. The first-order valence-electron chi connectivity index (χ1n) is 4.46. The highest BCUT2D eigenvalue weighted by Crippen LogP contribution is 2.08. The van der Waals surface area contributed by atoms with Crippen molar-refractivity contribution >= 4 is 24.1 Å². The molecule has 0 aliphatic rings. The summed E-state index contributed by atoms with van der Waals surface area (Å²) in [7, 11) is -1.75. The summed E-state index contributed by atoms with van der Waals surface area (Å²) in [4.78, 5) is 22.6. The Morgan fingerprint density at radius 3 is 2.13 bits per heavy atom. The average Bonchev–Trinajstić information content (AvgIpc) is 2.16. The van der Waals surface area contributed by atoms with E-state index in [4.69, 9.17) is 10.0 Å². The molecule has 1 rings (SSSR count). The number of hydrogen-bond acceptors (Lipinski definition) is 4. The van der Waals surface area contributed by atoms with Crippen molar-refractivity contribution in [2.45, 2.75) is 13.8 Å². The van der Waals surface area contributed by atoms with Gasteiger partial charge in [0, 0.05) is 11.1 Å². The van der Waals surface area contributed by atoms with Gasteiger partial charge in [-0.25, -0.2) is 0 Å². The van der Waals surface area contributed by atoms with Gasteiger partial charge in [0.2, 0.25) is 0 Å². The summed E-state index contributed by atoms with van der Waals surface area (Å²) in [5.41, 5.74) is 0.364. The molecule has 0 fully saturated rings. The molecule has 0 aliphatic heterocycles. The second-order valence-electron chi connectivity index (χ2n) is 3.26. The monoisotopic (exact) mass is 206 g/mol. The molecule has 0 saturated heterocycles.